The molecule has 0 spiro atoms. The lowest BCUT2D eigenvalue weighted by molar-refractivity contribution is 0.102. The highest BCUT2D eigenvalue weighted by atomic mass is 35.5. The predicted molar refractivity (Wildman–Crippen MR) is 98.8 cm³/mol. The van der Waals surface area contributed by atoms with Crippen molar-refractivity contribution in [3.8, 4) is 5.75 Å². The van der Waals surface area contributed by atoms with E-state index in [2.05, 4.69) is 6.92 Å². The molecule has 1 rings (SSSR count). The van der Waals surface area contributed by atoms with Gasteiger partial charge in [0.25, 0.3) is 0 Å². The van der Waals surface area contributed by atoms with Gasteiger partial charge in [0.2, 0.25) is 0 Å². The summed E-state index contributed by atoms with van der Waals surface area (Å²) in [7, 11) is 0. The molecule has 0 radical (unpaired) electrons. The Morgan fingerprint density at radius 3 is 1.91 bits per heavy atom. The molecule has 0 bridgehead atoms. The predicted octanol–water partition coefficient (Wildman–Crippen LogP) is 6.41. The van der Waals surface area contributed by atoms with Crippen LogP contribution in [0, 0.1) is 0 Å². The molecule has 1 aromatic carbocycles. The molecule has 0 heterocycles. The molecule has 2 nitrogen and oxygen atoms in total. The maximum atomic E-state index is 11.4. The molecule has 3 heteroatoms. The summed E-state index contributed by atoms with van der Waals surface area (Å²) in [5.41, 5.74) is 0.645. The number of Topliss-reactive ketones (excluding diaryl/α,β-unsaturated/α-hetero) is 1. The van der Waals surface area contributed by atoms with Gasteiger partial charge in [0, 0.05) is 5.56 Å². The fourth-order valence-corrected chi connectivity index (χ4v) is 2.75. The number of ether oxygens (including phenoxy) is 1. The van der Waals surface area contributed by atoms with Gasteiger partial charge in [0.1, 0.15) is 5.75 Å². The van der Waals surface area contributed by atoms with Gasteiger partial charge in [0.15, 0.2) is 5.78 Å². The lowest BCUT2D eigenvalue weighted by Gasteiger charge is -2.07. The first-order valence-corrected chi connectivity index (χ1v) is 9.63. The van der Waals surface area contributed by atoms with Gasteiger partial charge in [-0.1, -0.05) is 64.7 Å². The van der Waals surface area contributed by atoms with Crippen LogP contribution in [0.1, 0.15) is 81.5 Å². The zero-order valence-electron chi connectivity index (χ0n) is 14.5. The monoisotopic (exact) mass is 338 g/mol. The van der Waals surface area contributed by atoms with E-state index in [9.17, 15) is 4.79 Å². The molecule has 23 heavy (non-hydrogen) atoms. The molecule has 0 aromatic heterocycles. The molecule has 0 aliphatic rings. The number of halogens is 1. The Labute approximate surface area is 146 Å². The van der Waals surface area contributed by atoms with Gasteiger partial charge in [-0.05, 0) is 30.7 Å². The van der Waals surface area contributed by atoms with Crippen molar-refractivity contribution in [3.63, 3.8) is 0 Å². The smallest absolute Gasteiger partial charge is 0.177 e. The van der Waals surface area contributed by atoms with Crippen molar-refractivity contribution in [1.82, 2.24) is 0 Å². The minimum absolute atomic E-state index is 0.0266. The number of ketones is 1. The number of carbonyl (C=O) groups excluding carboxylic acids is 1. The fraction of sp³-hybridized carbons (Fsp3) is 0.650. The van der Waals surface area contributed by atoms with Crippen molar-refractivity contribution in [3.05, 3.63) is 29.8 Å². The van der Waals surface area contributed by atoms with Gasteiger partial charge < -0.3 is 4.74 Å². The minimum Gasteiger partial charge on any atom is -0.494 e. The lowest BCUT2D eigenvalue weighted by atomic mass is 10.1. The summed E-state index contributed by atoms with van der Waals surface area (Å²) < 4.78 is 5.70. The number of benzene rings is 1. The van der Waals surface area contributed by atoms with Crippen molar-refractivity contribution < 1.29 is 9.53 Å². The fourth-order valence-electron chi connectivity index (χ4n) is 2.59. The van der Waals surface area contributed by atoms with E-state index in [1.165, 1.54) is 57.8 Å². The Hall–Kier alpha value is -1.02. The Morgan fingerprint density at radius 1 is 0.870 bits per heavy atom. The highest BCUT2D eigenvalue weighted by molar-refractivity contribution is 6.30. The molecule has 0 unspecified atom stereocenters. The molecule has 0 fully saturated rings. The number of alkyl halides is 1. The second kappa shape index (κ2) is 13.4. The van der Waals surface area contributed by atoms with Crippen LogP contribution < -0.4 is 4.74 Å². The summed E-state index contributed by atoms with van der Waals surface area (Å²) in [6.07, 6.45) is 13.3. The number of unbranched alkanes of at least 4 members (excludes halogenated alkanes) is 9. The second-order valence-corrected chi connectivity index (χ2v) is 6.38. The van der Waals surface area contributed by atoms with E-state index in [4.69, 9.17) is 16.3 Å². The van der Waals surface area contributed by atoms with Crippen molar-refractivity contribution in [2.24, 2.45) is 0 Å². The van der Waals surface area contributed by atoms with Gasteiger partial charge in [-0.3, -0.25) is 4.79 Å². The van der Waals surface area contributed by atoms with Crippen LogP contribution in [-0.4, -0.2) is 18.3 Å². The summed E-state index contributed by atoms with van der Waals surface area (Å²) in [6.45, 7) is 3.01. The van der Waals surface area contributed by atoms with E-state index >= 15 is 0 Å². The van der Waals surface area contributed by atoms with Crippen LogP contribution >= 0.6 is 11.6 Å². The van der Waals surface area contributed by atoms with Crippen molar-refractivity contribution in [1.29, 1.82) is 0 Å². The summed E-state index contributed by atoms with van der Waals surface area (Å²) in [4.78, 5) is 11.4. The average Bonchev–Trinajstić information content (AvgIpc) is 2.59. The highest BCUT2D eigenvalue weighted by Gasteiger charge is 2.03. The minimum atomic E-state index is -0.0482. The SMILES string of the molecule is CCCCCCCCCCCCOc1ccc(C(=O)CCl)cc1. The van der Waals surface area contributed by atoms with E-state index in [0.29, 0.717) is 5.56 Å². The molecule has 1 aromatic rings. The molecular weight excluding hydrogens is 308 g/mol. The largest absolute Gasteiger partial charge is 0.494 e. The lowest BCUT2D eigenvalue weighted by Crippen LogP contribution is -2.01. The normalized spacial score (nSPS) is 10.7. The Balaban J connectivity index is 1.97. The van der Waals surface area contributed by atoms with Crippen LogP contribution in [0.15, 0.2) is 24.3 Å². The van der Waals surface area contributed by atoms with Crippen LogP contribution in [-0.2, 0) is 0 Å². The first-order chi connectivity index (χ1) is 11.3. The van der Waals surface area contributed by atoms with E-state index < -0.39 is 0 Å². The van der Waals surface area contributed by atoms with Gasteiger partial charge in [-0.25, -0.2) is 0 Å². The Bertz CT molecular complexity index is 414. The summed E-state index contributed by atoms with van der Waals surface area (Å²) in [5, 5.41) is 0. The molecule has 0 aliphatic carbocycles. The third-order valence-electron chi connectivity index (χ3n) is 4.06. The second-order valence-electron chi connectivity index (χ2n) is 6.11. The highest BCUT2D eigenvalue weighted by Crippen LogP contribution is 2.14. The van der Waals surface area contributed by atoms with Gasteiger partial charge in [-0.2, -0.15) is 0 Å². The van der Waals surface area contributed by atoms with Gasteiger partial charge >= 0.3 is 0 Å². The maximum Gasteiger partial charge on any atom is 0.177 e. The van der Waals surface area contributed by atoms with Crippen molar-refractivity contribution >= 4 is 17.4 Å². The molecule has 0 N–H and O–H groups in total. The van der Waals surface area contributed by atoms with Crippen LogP contribution in [0.5, 0.6) is 5.75 Å². The number of carbonyl (C=O) groups is 1. The summed E-state index contributed by atoms with van der Waals surface area (Å²) >= 11 is 5.53. The molecular formula is C20H31ClO2. The van der Waals surface area contributed by atoms with E-state index in [1.807, 2.05) is 12.1 Å². The first-order valence-electron chi connectivity index (χ1n) is 9.10. The molecule has 0 saturated carbocycles. The third-order valence-corrected chi connectivity index (χ3v) is 4.31. The Morgan fingerprint density at radius 2 is 1.39 bits per heavy atom. The molecule has 0 amide bonds. The first kappa shape index (κ1) is 20.0. The summed E-state index contributed by atoms with van der Waals surface area (Å²) in [6, 6.07) is 7.24. The average molecular weight is 339 g/mol. The number of hydrogen-bond donors (Lipinski definition) is 0. The Kier molecular flexibility index (Phi) is 11.7. The van der Waals surface area contributed by atoms with Crippen LogP contribution in [0.3, 0.4) is 0 Å². The maximum absolute atomic E-state index is 11.4. The van der Waals surface area contributed by atoms with Crippen LogP contribution in [0.2, 0.25) is 0 Å². The third kappa shape index (κ3) is 9.65. The van der Waals surface area contributed by atoms with Gasteiger partial charge in [0.05, 0.1) is 12.5 Å². The molecule has 130 valence electrons. The summed E-state index contributed by atoms with van der Waals surface area (Å²) in [5.74, 6) is 0.804. The van der Waals surface area contributed by atoms with Crippen LogP contribution in [0.4, 0.5) is 0 Å². The number of rotatable bonds is 14. The van der Waals surface area contributed by atoms with Crippen molar-refractivity contribution in [2.75, 3.05) is 12.5 Å². The molecule has 0 aliphatic heterocycles. The zero-order chi connectivity index (χ0) is 16.8. The molecule has 0 saturated heterocycles. The van der Waals surface area contributed by atoms with Crippen LogP contribution in [0.25, 0.3) is 0 Å². The van der Waals surface area contributed by atoms with Gasteiger partial charge in [-0.15, -0.1) is 11.6 Å². The van der Waals surface area contributed by atoms with E-state index in [-0.39, 0.29) is 11.7 Å². The quantitative estimate of drug-likeness (QED) is 0.222. The van der Waals surface area contributed by atoms with E-state index in [1.54, 1.807) is 12.1 Å². The number of hydrogen-bond acceptors (Lipinski definition) is 2. The van der Waals surface area contributed by atoms with E-state index in [0.717, 1.165) is 18.8 Å². The molecule has 0 atom stereocenters. The standard InChI is InChI=1S/C20H31ClO2/c1-2-3-4-5-6-7-8-9-10-11-16-23-19-14-12-18(13-15-19)20(22)17-21/h12-15H,2-11,16-17H2,1H3. The zero-order valence-corrected chi connectivity index (χ0v) is 15.2. The van der Waals surface area contributed by atoms with Crippen molar-refractivity contribution in [2.45, 2.75) is 71.1 Å². The topological polar surface area (TPSA) is 26.3 Å².